The molecule has 1 aliphatic heterocycles. The van der Waals surface area contributed by atoms with Gasteiger partial charge in [0, 0.05) is 48.7 Å². The van der Waals surface area contributed by atoms with Crippen molar-refractivity contribution in [2.45, 2.75) is 46.5 Å². The van der Waals surface area contributed by atoms with Gasteiger partial charge in [-0.05, 0) is 87.2 Å². The molecule has 1 saturated heterocycles. The average Bonchev–Trinajstić information content (AvgIpc) is 3.33. The highest BCUT2D eigenvalue weighted by Gasteiger charge is 2.35. The van der Waals surface area contributed by atoms with E-state index in [2.05, 4.69) is 22.3 Å². The van der Waals surface area contributed by atoms with Crippen molar-refractivity contribution in [2.24, 2.45) is 5.92 Å². The molecule has 4 rings (SSSR count). The number of nitrogens with one attached hydrogen (secondary N) is 1. The van der Waals surface area contributed by atoms with E-state index in [9.17, 15) is 14.4 Å². The Balaban J connectivity index is 1.39. The van der Waals surface area contributed by atoms with Gasteiger partial charge in [-0.25, -0.2) is 0 Å². The lowest BCUT2D eigenvalue weighted by Crippen LogP contribution is -2.28. The SMILES string of the molecule is CCOC(=O)CCCCN(c1ccccc1)c1ccc(NC(=O)C2CC(=O)N(c3cc(C)ccc3C)C2)cc1. The Morgan fingerprint density at radius 1 is 0.974 bits per heavy atom. The first-order valence-electron chi connectivity index (χ1n) is 13.6. The first kappa shape index (κ1) is 27.9. The minimum Gasteiger partial charge on any atom is -0.466 e. The highest BCUT2D eigenvalue weighted by atomic mass is 16.5. The van der Waals surface area contributed by atoms with Crippen molar-refractivity contribution in [3.8, 4) is 0 Å². The normalized spacial score (nSPS) is 14.8. The lowest BCUT2D eigenvalue weighted by molar-refractivity contribution is -0.143. The molecule has 3 aromatic carbocycles. The number of benzene rings is 3. The molecule has 0 aliphatic carbocycles. The smallest absolute Gasteiger partial charge is 0.305 e. The standard InChI is InChI=1S/C32H37N3O4/c1-4-39-31(37)12-8-9-19-34(27-10-6-5-7-11-27)28-17-15-26(16-18-28)33-32(38)25-21-30(36)35(22-25)29-20-23(2)13-14-24(29)3/h5-7,10-11,13-18,20,25H,4,8-9,12,19,21-22H2,1-3H3,(H,33,38). The zero-order valence-corrected chi connectivity index (χ0v) is 23.0. The number of hydrogen-bond acceptors (Lipinski definition) is 5. The molecule has 1 fully saturated rings. The van der Waals surface area contributed by atoms with Crippen LogP contribution in [0.3, 0.4) is 0 Å². The highest BCUT2D eigenvalue weighted by molar-refractivity contribution is 6.04. The van der Waals surface area contributed by atoms with Crippen LogP contribution in [0.1, 0.15) is 43.7 Å². The second-order valence-corrected chi connectivity index (χ2v) is 9.98. The molecule has 1 aliphatic rings. The van der Waals surface area contributed by atoms with Crippen LogP contribution in [-0.2, 0) is 19.1 Å². The maximum absolute atomic E-state index is 13.1. The maximum atomic E-state index is 13.1. The molecule has 1 atom stereocenters. The van der Waals surface area contributed by atoms with Gasteiger partial charge in [0.15, 0.2) is 0 Å². The third kappa shape index (κ3) is 7.25. The summed E-state index contributed by atoms with van der Waals surface area (Å²) in [5.41, 5.74) is 5.72. The molecule has 2 amide bonds. The van der Waals surface area contributed by atoms with E-state index in [1.54, 1.807) is 4.90 Å². The molecule has 204 valence electrons. The Morgan fingerprint density at radius 2 is 1.69 bits per heavy atom. The van der Waals surface area contributed by atoms with Crippen molar-refractivity contribution in [3.63, 3.8) is 0 Å². The molecule has 7 nitrogen and oxygen atoms in total. The summed E-state index contributed by atoms with van der Waals surface area (Å²) in [6.07, 6.45) is 2.19. The minimum atomic E-state index is -0.405. The van der Waals surface area contributed by atoms with Crippen molar-refractivity contribution in [3.05, 3.63) is 83.9 Å². The van der Waals surface area contributed by atoms with E-state index in [4.69, 9.17) is 4.74 Å². The first-order chi connectivity index (χ1) is 18.9. The number of unbranched alkanes of at least 4 members (excludes halogenated alkanes) is 1. The van der Waals surface area contributed by atoms with Gasteiger partial charge >= 0.3 is 5.97 Å². The van der Waals surface area contributed by atoms with Gasteiger partial charge in [0.25, 0.3) is 0 Å². The third-order valence-corrected chi connectivity index (χ3v) is 6.98. The molecule has 0 bridgehead atoms. The zero-order valence-electron chi connectivity index (χ0n) is 23.0. The molecule has 3 aromatic rings. The van der Waals surface area contributed by atoms with Crippen molar-refractivity contribution in [1.82, 2.24) is 0 Å². The van der Waals surface area contributed by atoms with Crippen LogP contribution < -0.4 is 15.1 Å². The summed E-state index contributed by atoms with van der Waals surface area (Å²) in [6, 6.07) is 23.9. The fourth-order valence-electron chi connectivity index (χ4n) is 4.88. The molecular weight excluding hydrogens is 490 g/mol. The number of hydrogen-bond donors (Lipinski definition) is 1. The summed E-state index contributed by atoms with van der Waals surface area (Å²) in [6.45, 7) is 7.32. The maximum Gasteiger partial charge on any atom is 0.305 e. The Bertz CT molecular complexity index is 1290. The topological polar surface area (TPSA) is 79.0 Å². The summed E-state index contributed by atoms with van der Waals surface area (Å²) in [5.74, 6) is -0.745. The quantitative estimate of drug-likeness (QED) is 0.238. The van der Waals surface area contributed by atoms with Crippen molar-refractivity contribution >= 4 is 40.5 Å². The van der Waals surface area contributed by atoms with Crippen molar-refractivity contribution in [2.75, 3.05) is 34.8 Å². The Morgan fingerprint density at radius 3 is 2.41 bits per heavy atom. The van der Waals surface area contributed by atoms with Crippen LogP contribution >= 0.6 is 0 Å². The Hall–Kier alpha value is -4.13. The molecule has 0 radical (unpaired) electrons. The monoisotopic (exact) mass is 527 g/mol. The van der Waals surface area contributed by atoms with Crippen LogP contribution in [0.25, 0.3) is 0 Å². The first-order valence-corrected chi connectivity index (χ1v) is 13.6. The van der Waals surface area contributed by atoms with E-state index in [1.807, 2.05) is 81.4 Å². The third-order valence-electron chi connectivity index (χ3n) is 6.98. The predicted molar refractivity (Wildman–Crippen MR) is 155 cm³/mol. The number of carbonyl (C=O) groups excluding carboxylic acids is 3. The summed E-state index contributed by atoms with van der Waals surface area (Å²) >= 11 is 0. The van der Waals surface area contributed by atoms with Crippen molar-refractivity contribution in [1.29, 1.82) is 0 Å². The summed E-state index contributed by atoms with van der Waals surface area (Å²) in [4.78, 5) is 41.4. The van der Waals surface area contributed by atoms with Gasteiger partial charge in [-0.3, -0.25) is 14.4 Å². The van der Waals surface area contributed by atoms with Gasteiger partial charge in [0.1, 0.15) is 0 Å². The van der Waals surface area contributed by atoms with E-state index in [1.165, 1.54) is 0 Å². The Kier molecular flexibility index (Phi) is 9.36. The van der Waals surface area contributed by atoms with Crippen LogP contribution in [0.5, 0.6) is 0 Å². The van der Waals surface area contributed by atoms with Gasteiger partial charge < -0.3 is 19.9 Å². The van der Waals surface area contributed by atoms with E-state index in [0.717, 1.165) is 47.6 Å². The molecule has 1 heterocycles. The molecule has 0 spiro atoms. The van der Waals surface area contributed by atoms with Crippen LogP contribution in [0, 0.1) is 19.8 Å². The molecule has 1 N–H and O–H groups in total. The van der Waals surface area contributed by atoms with Gasteiger partial charge in [0.05, 0.1) is 12.5 Å². The second kappa shape index (κ2) is 13.1. The van der Waals surface area contributed by atoms with Gasteiger partial charge in [0.2, 0.25) is 11.8 Å². The molecule has 0 aromatic heterocycles. The molecular formula is C32H37N3O4. The van der Waals surface area contributed by atoms with Crippen LogP contribution in [0.4, 0.5) is 22.7 Å². The van der Waals surface area contributed by atoms with E-state index < -0.39 is 5.92 Å². The van der Waals surface area contributed by atoms with E-state index in [-0.39, 0.29) is 24.2 Å². The zero-order chi connectivity index (χ0) is 27.8. The van der Waals surface area contributed by atoms with Crippen LogP contribution in [0.15, 0.2) is 72.8 Å². The molecule has 7 heteroatoms. The predicted octanol–water partition coefficient (Wildman–Crippen LogP) is 6.17. The lowest BCUT2D eigenvalue weighted by atomic mass is 10.1. The number of para-hydroxylation sites is 1. The van der Waals surface area contributed by atoms with Crippen LogP contribution in [0.2, 0.25) is 0 Å². The molecule has 0 saturated carbocycles. The molecule has 1 unspecified atom stereocenters. The minimum absolute atomic E-state index is 0.0272. The highest BCUT2D eigenvalue weighted by Crippen LogP contribution is 2.30. The van der Waals surface area contributed by atoms with Gasteiger partial charge in [-0.15, -0.1) is 0 Å². The number of nitrogens with zero attached hydrogens (tertiary/aromatic N) is 2. The fraction of sp³-hybridized carbons (Fsp3) is 0.344. The number of ether oxygens (including phenoxy) is 1. The fourth-order valence-corrected chi connectivity index (χ4v) is 4.88. The number of aryl methyl sites for hydroxylation is 2. The number of carbonyl (C=O) groups is 3. The van der Waals surface area contributed by atoms with Gasteiger partial charge in [-0.2, -0.15) is 0 Å². The summed E-state index contributed by atoms with van der Waals surface area (Å²) < 4.78 is 5.04. The number of amides is 2. The number of rotatable bonds is 11. The molecule has 39 heavy (non-hydrogen) atoms. The van der Waals surface area contributed by atoms with E-state index >= 15 is 0 Å². The number of esters is 1. The van der Waals surface area contributed by atoms with Crippen molar-refractivity contribution < 1.29 is 19.1 Å². The Labute approximate surface area is 230 Å². The van der Waals surface area contributed by atoms with E-state index in [0.29, 0.717) is 25.3 Å². The van der Waals surface area contributed by atoms with Gasteiger partial charge in [-0.1, -0.05) is 30.3 Å². The average molecular weight is 528 g/mol. The summed E-state index contributed by atoms with van der Waals surface area (Å²) in [7, 11) is 0. The lowest BCUT2D eigenvalue weighted by Gasteiger charge is -2.25. The second-order valence-electron chi connectivity index (χ2n) is 9.98. The van der Waals surface area contributed by atoms with Crippen LogP contribution in [-0.4, -0.2) is 37.5 Å². The summed E-state index contributed by atoms with van der Waals surface area (Å²) in [5, 5.41) is 3.00. The number of anilines is 4. The largest absolute Gasteiger partial charge is 0.466 e.